The average molecular weight is 295 g/mol. The van der Waals surface area contributed by atoms with Gasteiger partial charge in [0, 0.05) is 5.56 Å². The van der Waals surface area contributed by atoms with Crippen LogP contribution < -0.4 is 15.2 Å². The number of benzene rings is 1. The maximum Gasteiger partial charge on any atom is 0.387 e. The van der Waals surface area contributed by atoms with Crippen LogP contribution in [-0.2, 0) is 0 Å². The first-order chi connectivity index (χ1) is 10.1. The first-order valence-electron chi connectivity index (χ1n) is 6.41. The molecule has 5 nitrogen and oxygen atoms in total. The van der Waals surface area contributed by atoms with E-state index in [0.717, 1.165) is 6.42 Å². The van der Waals surface area contributed by atoms with E-state index in [0.29, 0.717) is 23.7 Å². The standard InChI is InChI=1S/C14H15F2N3O2/c1-2-7-20-12-8-9(3-5-11(12)21-14(15)16)10-4-6-13(17)19-18-10/h3-6,8,14H,2,7H2,1H3,(H2,17,19). The van der Waals surface area contributed by atoms with Gasteiger partial charge in [0.25, 0.3) is 0 Å². The molecule has 2 rings (SSSR count). The molecule has 0 spiro atoms. The van der Waals surface area contributed by atoms with Crippen molar-refractivity contribution in [1.29, 1.82) is 0 Å². The SMILES string of the molecule is CCCOc1cc(-c2ccc(N)nn2)ccc1OC(F)F. The summed E-state index contributed by atoms with van der Waals surface area (Å²) in [4.78, 5) is 0. The Morgan fingerprint density at radius 3 is 2.57 bits per heavy atom. The monoisotopic (exact) mass is 295 g/mol. The topological polar surface area (TPSA) is 70.3 Å². The van der Waals surface area contributed by atoms with Crippen molar-refractivity contribution in [3.05, 3.63) is 30.3 Å². The number of nitrogens with two attached hydrogens (primary N) is 1. The number of ether oxygens (including phenoxy) is 2. The van der Waals surface area contributed by atoms with E-state index in [9.17, 15) is 8.78 Å². The predicted molar refractivity (Wildman–Crippen MR) is 74.3 cm³/mol. The first-order valence-corrected chi connectivity index (χ1v) is 6.41. The van der Waals surface area contributed by atoms with Crippen LogP contribution in [0.25, 0.3) is 11.3 Å². The van der Waals surface area contributed by atoms with Gasteiger partial charge < -0.3 is 15.2 Å². The highest BCUT2D eigenvalue weighted by molar-refractivity contribution is 5.64. The molecule has 0 saturated heterocycles. The van der Waals surface area contributed by atoms with E-state index in [1.54, 1.807) is 24.3 Å². The van der Waals surface area contributed by atoms with Crippen LogP contribution in [0.1, 0.15) is 13.3 Å². The highest BCUT2D eigenvalue weighted by atomic mass is 19.3. The minimum absolute atomic E-state index is 0.00870. The van der Waals surface area contributed by atoms with Crippen molar-refractivity contribution in [1.82, 2.24) is 10.2 Å². The average Bonchev–Trinajstić information content (AvgIpc) is 2.46. The fourth-order valence-corrected chi connectivity index (χ4v) is 1.68. The minimum atomic E-state index is -2.91. The second kappa shape index (κ2) is 6.83. The van der Waals surface area contributed by atoms with Crippen LogP contribution in [-0.4, -0.2) is 23.4 Å². The third kappa shape index (κ3) is 4.01. The fraction of sp³-hybridized carbons (Fsp3) is 0.286. The van der Waals surface area contributed by atoms with Gasteiger partial charge in [-0.25, -0.2) is 0 Å². The molecule has 0 fully saturated rings. The van der Waals surface area contributed by atoms with Crippen LogP contribution in [0.2, 0.25) is 0 Å². The molecule has 0 unspecified atom stereocenters. The van der Waals surface area contributed by atoms with Crippen LogP contribution in [0.15, 0.2) is 30.3 Å². The van der Waals surface area contributed by atoms with Crippen molar-refractivity contribution in [3.63, 3.8) is 0 Å². The number of nitrogen functional groups attached to an aromatic ring is 1. The third-order valence-electron chi connectivity index (χ3n) is 2.60. The van der Waals surface area contributed by atoms with E-state index in [4.69, 9.17) is 10.5 Å². The smallest absolute Gasteiger partial charge is 0.387 e. The summed E-state index contributed by atoms with van der Waals surface area (Å²) in [5, 5.41) is 7.69. The quantitative estimate of drug-likeness (QED) is 0.886. The number of rotatable bonds is 6. The van der Waals surface area contributed by atoms with Crippen molar-refractivity contribution < 1.29 is 18.3 Å². The largest absolute Gasteiger partial charge is 0.490 e. The van der Waals surface area contributed by atoms with Crippen LogP contribution in [0.3, 0.4) is 0 Å². The highest BCUT2D eigenvalue weighted by Gasteiger charge is 2.13. The number of hydrogen-bond acceptors (Lipinski definition) is 5. The van der Waals surface area contributed by atoms with Crippen LogP contribution in [0.5, 0.6) is 11.5 Å². The van der Waals surface area contributed by atoms with Crippen LogP contribution in [0, 0.1) is 0 Å². The summed E-state index contributed by atoms with van der Waals surface area (Å²) in [5.74, 6) is 0.540. The predicted octanol–water partition coefficient (Wildman–Crippen LogP) is 3.12. The van der Waals surface area contributed by atoms with Crippen molar-refractivity contribution in [3.8, 4) is 22.8 Å². The first kappa shape index (κ1) is 15.0. The van der Waals surface area contributed by atoms with E-state index in [-0.39, 0.29) is 11.5 Å². The normalized spacial score (nSPS) is 10.7. The number of anilines is 1. The molecule has 0 atom stereocenters. The Morgan fingerprint density at radius 1 is 1.14 bits per heavy atom. The molecule has 2 N–H and O–H groups in total. The van der Waals surface area contributed by atoms with E-state index in [1.807, 2.05) is 6.92 Å². The van der Waals surface area contributed by atoms with Gasteiger partial charge in [-0.1, -0.05) is 6.92 Å². The van der Waals surface area contributed by atoms with E-state index in [2.05, 4.69) is 14.9 Å². The Hall–Kier alpha value is -2.44. The van der Waals surface area contributed by atoms with E-state index in [1.165, 1.54) is 6.07 Å². The Balaban J connectivity index is 2.33. The van der Waals surface area contributed by atoms with E-state index >= 15 is 0 Å². The zero-order valence-electron chi connectivity index (χ0n) is 11.4. The Labute approximate surface area is 120 Å². The van der Waals surface area contributed by atoms with Gasteiger partial charge in [0.05, 0.1) is 12.3 Å². The molecular formula is C14H15F2N3O2. The molecule has 0 aliphatic heterocycles. The zero-order chi connectivity index (χ0) is 15.2. The number of alkyl halides is 2. The molecule has 7 heteroatoms. The van der Waals surface area contributed by atoms with Gasteiger partial charge in [-0.15, -0.1) is 10.2 Å². The number of aromatic nitrogens is 2. The molecule has 21 heavy (non-hydrogen) atoms. The second-order valence-corrected chi connectivity index (χ2v) is 4.23. The molecule has 0 aliphatic rings. The summed E-state index contributed by atoms with van der Waals surface area (Å²) in [6.07, 6.45) is 0.750. The lowest BCUT2D eigenvalue weighted by Crippen LogP contribution is -2.05. The van der Waals surface area contributed by atoms with Crippen LogP contribution >= 0.6 is 0 Å². The molecular weight excluding hydrogens is 280 g/mol. The number of nitrogens with zero attached hydrogens (tertiary/aromatic N) is 2. The van der Waals surface area contributed by atoms with Crippen LogP contribution in [0.4, 0.5) is 14.6 Å². The summed E-state index contributed by atoms with van der Waals surface area (Å²) in [6.45, 7) is -0.587. The minimum Gasteiger partial charge on any atom is -0.490 e. The lowest BCUT2D eigenvalue weighted by atomic mass is 10.1. The molecule has 1 aromatic heterocycles. The molecule has 0 saturated carbocycles. The molecule has 0 aliphatic carbocycles. The maximum absolute atomic E-state index is 12.4. The summed E-state index contributed by atoms with van der Waals surface area (Å²) >= 11 is 0. The molecule has 0 radical (unpaired) electrons. The van der Waals surface area contributed by atoms with Crippen molar-refractivity contribution in [2.45, 2.75) is 20.0 Å². The van der Waals surface area contributed by atoms with E-state index < -0.39 is 6.61 Å². The molecule has 1 aromatic carbocycles. The van der Waals surface area contributed by atoms with Gasteiger partial charge in [0.2, 0.25) is 0 Å². The van der Waals surface area contributed by atoms with Crippen molar-refractivity contribution >= 4 is 5.82 Å². The van der Waals surface area contributed by atoms with Crippen molar-refractivity contribution in [2.24, 2.45) is 0 Å². The van der Waals surface area contributed by atoms with Crippen molar-refractivity contribution in [2.75, 3.05) is 12.3 Å². The summed E-state index contributed by atoms with van der Waals surface area (Å²) in [6, 6.07) is 7.92. The third-order valence-corrected chi connectivity index (χ3v) is 2.60. The van der Waals surface area contributed by atoms with Gasteiger partial charge in [-0.3, -0.25) is 0 Å². The van der Waals surface area contributed by atoms with Gasteiger partial charge in [0.1, 0.15) is 5.82 Å². The molecule has 2 aromatic rings. The zero-order valence-corrected chi connectivity index (χ0v) is 11.4. The van der Waals surface area contributed by atoms with Gasteiger partial charge in [0.15, 0.2) is 11.5 Å². The summed E-state index contributed by atoms with van der Waals surface area (Å²) in [5.41, 5.74) is 6.72. The lowest BCUT2D eigenvalue weighted by molar-refractivity contribution is -0.0514. The summed E-state index contributed by atoms with van der Waals surface area (Å²) in [7, 11) is 0. The number of hydrogen-bond donors (Lipinski definition) is 1. The Bertz CT molecular complexity index is 591. The fourth-order valence-electron chi connectivity index (χ4n) is 1.68. The lowest BCUT2D eigenvalue weighted by Gasteiger charge is -2.13. The highest BCUT2D eigenvalue weighted by Crippen LogP contribution is 2.33. The molecule has 112 valence electrons. The molecule has 0 amide bonds. The van der Waals surface area contributed by atoms with Gasteiger partial charge in [-0.2, -0.15) is 8.78 Å². The Kier molecular flexibility index (Phi) is 4.86. The number of halogens is 2. The molecule has 1 heterocycles. The Morgan fingerprint density at radius 2 is 1.95 bits per heavy atom. The second-order valence-electron chi connectivity index (χ2n) is 4.23. The molecule has 0 bridgehead atoms. The maximum atomic E-state index is 12.4. The van der Waals surface area contributed by atoms with Gasteiger partial charge >= 0.3 is 6.61 Å². The van der Waals surface area contributed by atoms with Gasteiger partial charge in [-0.05, 0) is 36.8 Å². The summed E-state index contributed by atoms with van der Waals surface area (Å²) < 4.78 is 34.6.